The average Bonchev–Trinajstić information content (AvgIpc) is 3.32. The molecule has 1 saturated heterocycles. The normalized spacial score (nSPS) is 15.2. The third-order valence-corrected chi connectivity index (χ3v) is 8.15. The summed E-state index contributed by atoms with van der Waals surface area (Å²) in [5.41, 5.74) is 1.19. The Labute approximate surface area is 225 Å². The van der Waals surface area contributed by atoms with Gasteiger partial charge in [0.2, 0.25) is 27.6 Å². The van der Waals surface area contributed by atoms with E-state index in [4.69, 9.17) is 9.26 Å². The maximum atomic E-state index is 13.0. The molecule has 198 valence electrons. The van der Waals surface area contributed by atoms with Crippen LogP contribution in [-0.4, -0.2) is 55.6 Å². The van der Waals surface area contributed by atoms with E-state index in [1.807, 2.05) is 24.3 Å². The Kier molecular flexibility index (Phi) is 8.63. The maximum absolute atomic E-state index is 13.0. The fourth-order valence-electron chi connectivity index (χ4n) is 4.17. The van der Waals surface area contributed by atoms with Gasteiger partial charge in [0.05, 0.1) is 24.2 Å². The molecule has 37 heavy (non-hydrogen) atoms. The molecule has 10 nitrogen and oxygen atoms in total. The van der Waals surface area contributed by atoms with Crippen LogP contribution >= 0.6 is 15.9 Å². The molecule has 2 heterocycles. The quantitative estimate of drug-likeness (QED) is 0.381. The number of halogens is 1. The van der Waals surface area contributed by atoms with Gasteiger partial charge in [0.1, 0.15) is 5.75 Å². The van der Waals surface area contributed by atoms with E-state index in [9.17, 15) is 13.2 Å². The van der Waals surface area contributed by atoms with Crippen LogP contribution in [0.2, 0.25) is 0 Å². The number of amides is 1. The Balaban J connectivity index is 1.35. The summed E-state index contributed by atoms with van der Waals surface area (Å²) in [4.78, 5) is 19.8. The van der Waals surface area contributed by atoms with Gasteiger partial charge in [-0.3, -0.25) is 9.69 Å². The van der Waals surface area contributed by atoms with Gasteiger partial charge in [0.15, 0.2) is 0 Å². The van der Waals surface area contributed by atoms with Crippen LogP contribution in [0.3, 0.4) is 0 Å². The van der Waals surface area contributed by atoms with Crippen molar-refractivity contribution >= 4 is 37.5 Å². The lowest BCUT2D eigenvalue weighted by molar-refractivity contribution is -0.121. The number of carbonyl (C=O) groups excluding carboxylic acids is 1. The molecule has 3 aromatic rings. The minimum Gasteiger partial charge on any atom is -0.495 e. The molecule has 0 spiro atoms. The second-order valence-corrected chi connectivity index (χ2v) is 11.8. The second kappa shape index (κ2) is 11.7. The van der Waals surface area contributed by atoms with Gasteiger partial charge >= 0.3 is 0 Å². The van der Waals surface area contributed by atoms with Crippen molar-refractivity contribution in [2.75, 3.05) is 25.5 Å². The number of likely N-dealkylation sites (tertiary alicyclic amines) is 1. The van der Waals surface area contributed by atoms with E-state index < -0.39 is 10.0 Å². The average molecular weight is 593 g/mol. The summed E-state index contributed by atoms with van der Waals surface area (Å²) in [7, 11) is -2.23. The zero-order chi connectivity index (χ0) is 26.6. The first-order valence-corrected chi connectivity index (χ1v) is 14.2. The molecule has 1 aromatic heterocycles. The van der Waals surface area contributed by atoms with Crippen LogP contribution in [0.5, 0.6) is 5.75 Å². The Morgan fingerprint density at radius 3 is 2.65 bits per heavy atom. The van der Waals surface area contributed by atoms with E-state index in [0.717, 1.165) is 10.0 Å². The molecular formula is C25H30BrN5O5S. The standard InChI is InChI=1S/C25H30BrN5O5S/c1-16(2)30-37(33,34)20-7-8-22(35-3)21(14-20)27-25(32)17-9-11-31(12-10-17)15-23-28-24(29-36-23)18-5-4-6-19(26)13-18/h4-8,13-14,16-17,30H,9-12,15H2,1-3H3,(H,27,32). The topological polar surface area (TPSA) is 127 Å². The third kappa shape index (κ3) is 6.95. The first-order valence-electron chi connectivity index (χ1n) is 12.0. The van der Waals surface area contributed by atoms with Crippen molar-refractivity contribution in [3.8, 4) is 17.1 Å². The highest BCUT2D eigenvalue weighted by Gasteiger charge is 2.27. The monoisotopic (exact) mass is 591 g/mol. The molecular weight excluding hydrogens is 562 g/mol. The smallest absolute Gasteiger partial charge is 0.241 e. The van der Waals surface area contributed by atoms with Crippen molar-refractivity contribution < 1.29 is 22.5 Å². The number of nitrogens with one attached hydrogen (secondary N) is 2. The van der Waals surface area contributed by atoms with Crippen LogP contribution in [0, 0.1) is 5.92 Å². The van der Waals surface area contributed by atoms with E-state index >= 15 is 0 Å². The van der Waals surface area contributed by atoms with Crippen molar-refractivity contribution in [2.24, 2.45) is 5.92 Å². The Morgan fingerprint density at radius 1 is 1.22 bits per heavy atom. The van der Waals surface area contributed by atoms with Crippen LogP contribution in [-0.2, 0) is 21.4 Å². The Bertz CT molecular complexity index is 1350. The van der Waals surface area contributed by atoms with Gasteiger partial charge < -0.3 is 14.6 Å². The van der Waals surface area contributed by atoms with Crippen LogP contribution in [0.1, 0.15) is 32.6 Å². The summed E-state index contributed by atoms with van der Waals surface area (Å²) in [6, 6.07) is 11.9. The lowest BCUT2D eigenvalue weighted by atomic mass is 9.96. The Morgan fingerprint density at radius 2 is 1.97 bits per heavy atom. The minimum atomic E-state index is -3.71. The van der Waals surface area contributed by atoms with E-state index in [1.54, 1.807) is 19.9 Å². The predicted molar refractivity (Wildman–Crippen MR) is 143 cm³/mol. The first kappa shape index (κ1) is 27.2. The molecule has 1 aliphatic rings. The molecule has 0 unspecified atom stereocenters. The summed E-state index contributed by atoms with van der Waals surface area (Å²) in [6.45, 7) is 5.38. The summed E-state index contributed by atoms with van der Waals surface area (Å²) < 4.78 is 39.4. The van der Waals surface area contributed by atoms with Gasteiger partial charge in [-0.15, -0.1) is 0 Å². The molecule has 0 saturated carbocycles. The minimum absolute atomic E-state index is 0.0638. The zero-order valence-electron chi connectivity index (χ0n) is 20.9. The summed E-state index contributed by atoms with van der Waals surface area (Å²) in [5, 5.41) is 6.95. The number of rotatable bonds is 9. The fourth-order valence-corrected chi connectivity index (χ4v) is 5.85. The van der Waals surface area contributed by atoms with Crippen molar-refractivity contribution in [1.82, 2.24) is 19.8 Å². The number of ether oxygens (including phenoxy) is 1. The summed E-state index contributed by atoms with van der Waals surface area (Å²) >= 11 is 3.45. The van der Waals surface area contributed by atoms with Gasteiger partial charge in [0.25, 0.3) is 0 Å². The number of hydrogen-bond donors (Lipinski definition) is 2. The van der Waals surface area contributed by atoms with Crippen molar-refractivity contribution in [3.05, 3.63) is 52.8 Å². The first-order chi connectivity index (χ1) is 17.6. The number of nitrogens with zero attached hydrogens (tertiary/aromatic N) is 3. The van der Waals surface area contributed by atoms with Crippen LogP contribution in [0.25, 0.3) is 11.4 Å². The number of anilines is 1. The van der Waals surface area contributed by atoms with E-state index in [0.29, 0.717) is 55.6 Å². The van der Waals surface area contributed by atoms with Gasteiger partial charge in [-0.25, -0.2) is 13.1 Å². The molecule has 0 atom stereocenters. The number of aromatic nitrogens is 2. The SMILES string of the molecule is COc1ccc(S(=O)(=O)NC(C)C)cc1NC(=O)C1CCN(Cc2nc(-c3cccc(Br)c3)no2)CC1. The van der Waals surface area contributed by atoms with E-state index in [2.05, 4.69) is 41.0 Å². The van der Waals surface area contributed by atoms with Gasteiger partial charge in [-0.1, -0.05) is 33.2 Å². The predicted octanol–water partition coefficient (Wildman–Crippen LogP) is 4.05. The number of hydrogen-bond acceptors (Lipinski definition) is 8. The van der Waals surface area contributed by atoms with Crippen molar-refractivity contribution in [2.45, 2.75) is 44.2 Å². The van der Waals surface area contributed by atoms with Crippen LogP contribution < -0.4 is 14.8 Å². The molecule has 1 aliphatic heterocycles. The number of benzene rings is 2. The highest BCUT2D eigenvalue weighted by atomic mass is 79.9. The lowest BCUT2D eigenvalue weighted by Crippen LogP contribution is -2.38. The molecule has 12 heteroatoms. The highest BCUT2D eigenvalue weighted by molar-refractivity contribution is 9.10. The highest BCUT2D eigenvalue weighted by Crippen LogP contribution is 2.29. The van der Waals surface area contributed by atoms with E-state index in [-0.39, 0.29) is 22.8 Å². The molecule has 2 aromatic carbocycles. The fraction of sp³-hybridized carbons (Fsp3) is 0.400. The maximum Gasteiger partial charge on any atom is 0.241 e. The molecule has 1 fully saturated rings. The summed E-state index contributed by atoms with van der Waals surface area (Å²) in [5.74, 6) is 1.07. The summed E-state index contributed by atoms with van der Waals surface area (Å²) in [6.07, 6.45) is 1.29. The second-order valence-electron chi connectivity index (χ2n) is 9.20. The number of piperidine rings is 1. The van der Waals surface area contributed by atoms with Crippen LogP contribution in [0.15, 0.2) is 56.4 Å². The zero-order valence-corrected chi connectivity index (χ0v) is 23.3. The van der Waals surface area contributed by atoms with Gasteiger partial charge in [0, 0.05) is 22.0 Å². The van der Waals surface area contributed by atoms with E-state index in [1.165, 1.54) is 19.2 Å². The molecule has 1 amide bonds. The number of carbonyl (C=O) groups is 1. The molecule has 2 N–H and O–H groups in total. The van der Waals surface area contributed by atoms with Crippen molar-refractivity contribution in [3.63, 3.8) is 0 Å². The number of sulfonamides is 1. The van der Waals surface area contributed by atoms with Gasteiger partial charge in [-0.05, 0) is 70.1 Å². The molecule has 0 bridgehead atoms. The molecule has 4 rings (SSSR count). The largest absolute Gasteiger partial charge is 0.495 e. The molecule has 0 aliphatic carbocycles. The van der Waals surface area contributed by atoms with Gasteiger partial charge in [-0.2, -0.15) is 4.98 Å². The van der Waals surface area contributed by atoms with Crippen LogP contribution in [0.4, 0.5) is 5.69 Å². The third-order valence-electron chi connectivity index (χ3n) is 6.00. The molecule has 0 radical (unpaired) electrons. The number of methoxy groups -OCH3 is 1. The Hall–Kier alpha value is -2.80. The lowest BCUT2D eigenvalue weighted by Gasteiger charge is -2.30. The van der Waals surface area contributed by atoms with Crippen molar-refractivity contribution in [1.29, 1.82) is 0 Å².